The number of hydrogen-bond acceptors (Lipinski definition) is 5. The number of piperidine rings is 1. The molecule has 0 saturated carbocycles. The van der Waals surface area contributed by atoms with Crippen LogP contribution in [0.25, 0.3) is 0 Å². The third-order valence-corrected chi connectivity index (χ3v) is 3.53. The molecule has 3 rings (SSSR count). The molecule has 0 atom stereocenters. The lowest BCUT2D eigenvalue weighted by Crippen LogP contribution is -2.34. The molecular weight excluding hydrogens is 242 g/mol. The smallest absolute Gasteiger partial charge is 0.225 e. The summed E-state index contributed by atoms with van der Waals surface area (Å²) in [6.45, 7) is 1.91. The van der Waals surface area contributed by atoms with Gasteiger partial charge in [0.1, 0.15) is 5.82 Å². The summed E-state index contributed by atoms with van der Waals surface area (Å²) in [6, 6.07) is 0. The summed E-state index contributed by atoms with van der Waals surface area (Å²) < 4.78 is 5.07. The Bertz CT molecular complexity index is 502. The normalized spacial score (nSPS) is 16.6. The highest BCUT2D eigenvalue weighted by Crippen LogP contribution is 2.27. The Kier molecular flexibility index (Phi) is 3.31. The zero-order valence-electron chi connectivity index (χ0n) is 10.9. The summed E-state index contributed by atoms with van der Waals surface area (Å²) in [4.78, 5) is 18.4. The fourth-order valence-corrected chi connectivity index (χ4v) is 2.43. The van der Waals surface area contributed by atoms with Crippen molar-refractivity contribution < 1.29 is 4.74 Å². The van der Waals surface area contributed by atoms with Gasteiger partial charge in [0.05, 0.1) is 19.5 Å². The number of nitrogens with zero attached hydrogens (tertiary/aromatic N) is 4. The number of aromatic nitrogens is 4. The maximum absolute atomic E-state index is 5.07. The lowest BCUT2D eigenvalue weighted by molar-refractivity contribution is 0.410. The monoisotopic (exact) mass is 259 g/mol. The molecule has 0 radical (unpaired) electrons. The van der Waals surface area contributed by atoms with Crippen molar-refractivity contribution in [1.29, 1.82) is 0 Å². The van der Waals surface area contributed by atoms with Crippen molar-refractivity contribution >= 4 is 5.95 Å². The average molecular weight is 259 g/mol. The van der Waals surface area contributed by atoms with E-state index in [0.717, 1.165) is 37.7 Å². The van der Waals surface area contributed by atoms with Gasteiger partial charge in [0, 0.05) is 31.4 Å². The molecule has 19 heavy (non-hydrogen) atoms. The standard InChI is InChI=1S/C13H17N5O/c1-19-11-8-16-13(17-9-11)18-6-2-10(3-7-18)12-14-4-5-15-12/h4-5,8-10H,2-3,6-7H2,1H3,(H,14,15). The van der Waals surface area contributed by atoms with Crippen LogP contribution in [0.2, 0.25) is 0 Å². The zero-order chi connectivity index (χ0) is 13.1. The first-order chi connectivity index (χ1) is 9.36. The fourth-order valence-electron chi connectivity index (χ4n) is 2.43. The quantitative estimate of drug-likeness (QED) is 0.906. The van der Waals surface area contributed by atoms with E-state index in [9.17, 15) is 0 Å². The Hall–Kier alpha value is -2.11. The number of rotatable bonds is 3. The van der Waals surface area contributed by atoms with Crippen molar-refractivity contribution in [2.24, 2.45) is 0 Å². The number of imidazole rings is 1. The van der Waals surface area contributed by atoms with Crippen LogP contribution in [0.3, 0.4) is 0 Å². The molecule has 0 bridgehead atoms. The molecule has 3 heterocycles. The molecule has 100 valence electrons. The highest BCUT2D eigenvalue weighted by atomic mass is 16.5. The van der Waals surface area contributed by atoms with Gasteiger partial charge in [0.2, 0.25) is 5.95 Å². The summed E-state index contributed by atoms with van der Waals surface area (Å²) >= 11 is 0. The Morgan fingerprint density at radius 3 is 2.53 bits per heavy atom. The van der Waals surface area contributed by atoms with Gasteiger partial charge in [-0.3, -0.25) is 0 Å². The molecule has 2 aromatic heterocycles. The number of methoxy groups -OCH3 is 1. The van der Waals surface area contributed by atoms with Crippen LogP contribution in [0.5, 0.6) is 5.75 Å². The van der Waals surface area contributed by atoms with Crippen LogP contribution >= 0.6 is 0 Å². The molecule has 0 aliphatic carbocycles. The van der Waals surface area contributed by atoms with E-state index in [1.54, 1.807) is 19.5 Å². The molecule has 1 aliphatic rings. The van der Waals surface area contributed by atoms with Gasteiger partial charge in [-0.2, -0.15) is 0 Å². The number of nitrogens with one attached hydrogen (secondary N) is 1. The summed E-state index contributed by atoms with van der Waals surface area (Å²) in [5.41, 5.74) is 0. The topological polar surface area (TPSA) is 66.9 Å². The van der Waals surface area contributed by atoms with Gasteiger partial charge in [0.15, 0.2) is 5.75 Å². The third-order valence-electron chi connectivity index (χ3n) is 3.53. The predicted octanol–water partition coefficient (Wildman–Crippen LogP) is 1.59. The summed E-state index contributed by atoms with van der Waals surface area (Å²) in [5.74, 6) is 3.08. The lowest BCUT2D eigenvalue weighted by Gasteiger charge is -2.31. The van der Waals surface area contributed by atoms with Crippen LogP contribution in [0.1, 0.15) is 24.6 Å². The molecule has 0 spiro atoms. The minimum absolute atomic E-state index is 0.518. The fraction of sp³-hybridized carbons (Fsp3) is 0.462. The van der Waals surface area contributed by atoms with Crippen molar-refractivity contribution in [3.05, 3.63) is 30.6 Å². The SMILES string of the molecule is COc1cnc(N2CCC(c3ncc[nH]3)CC2)nc1. The van der Waals surface area contributed by atoms with Crippen molar-refractivity contribution in [1.82, 2.24) is 19.9 Å². The van der Waals surface area contributed by atoms with Crippen LogP contribution in [0, 0.1) is 0 Å². The molecule has 1 aliphatic heterocycles. The lowest BCUT2D eigenvalue weighted by atomic mass is 9.96. The number of anilines is 1. The summed E-state index contributed by atoms with van der Waals surface area (Å²) in [5, 5.41) is 0. The van der Waals surface area contributed by atoms with Gasteiger partial charge in [-0.05, 0) is 12.8 Å². The minimum atomic E-state index is 0.518. The predicted molar refractivity (Wildman–Crippen MR) is 71.4 cm³/mol. The number of ether oxygens (including phenoxy) is 1. The molecule has 1 fully saturated rings. The number of H-pyrrole nitrogens is 1. The second-order valence-electron chi connectivity index (χ2n) is 4.66. The summed E-state index contributed by atoms with van der Waals surface area (Å²) in [7, 11) is 1.62. The highest BCUT2D eigenvalue weighted by Gasteiger charge is 2.23. The van der Waals surface area contributed by atoms with Crippen molar-refractivity contribution in [2.75, 3.05) is 25.1 Å². The number of aromatic amines is 1. The molecule has 0 aromatic carbocycles. The first-order valence-electron chi connectivity index (χ1n) is 6.47. The van der Waals surface area contributed by atoms with E-state index < -0.39 is 0 Å². The van der Waals surface area contributed by atoms with Crippen molar-refractivity contribution in [3.63, 3.8) is 0 Å². The molecule has 0 amide bonds. The van der Waals surface area contributed by atoms with Crippen LogP contribution in [0.15, 0.2) is 24.8 Å². The largest absolute Gasteiger partial charge is 0.494 e. The van der Waals surface area contributed by atoms with Crippen LogP contribution in [-0.4, -0.2) is 40.1 Å². The molecule has 6 nitrogen and oxygen atoms in total. The molecule has 2 aromatic rings. The Morgan fingerprint density at radius 1 is 1.21 bits per heavy atom. The second kappa shape index (κ2) is 5.26. The Morgan fingerprint density at radius 2 is 1.95 bits per heavy atom. The van der Waals surface area contributed by atoms with Crippen LogP contribution < -0.4 is 9.64 Å². The molecular formula is C13H17N5O. The van der Waals surface area contributed by atoms with Gasteiger partial charge >= 0.3 is 0 Å². The molecule has 1 N–H and O–H groups in total. The Balaban J connectivity index is 1.63. The molecule has 1 saturated heterocycles. The Labute approximate surface area is 111 Å². The first-order valence-corrected chi connectivity index (χ1v) is 6.47. The van der Waals surface area contributed by atoms with Crippen molar-refractivity contribution in [3.8, 4) is 5.75 Å². The highest BCUT2D eigenvalue weighted by molar-refractivity contribution is 5.32. The van der Waals surface area contributed by atoms with Gasteiger partial charge in [-0.25, -0.2) is 15.0 Å². The van der Waals surface area contributed by atoms with E-state index >= 15 is 0 Å². The second-order valence-corrected chi connectivity index (χ2v) is 4.66. The van der Waals surface area contributed by atoms with Gasteiger partial charge in [0.25, 0.3) is 0 Å². The maximum Gasteiger partial charge on any atom is 0.225 e. The molecule has 6 heteroatoms. The first kappa shape index (κ1) is 12.0. The van der Waals surface area contributed by atoms with E-state index in [2.05, 4.69) is 24.8 Å². The number of hydrogen-bond donors (Lipinski definition) is 1. The van der Waals surface area contributed by atoms with E-state index in [4.69, 9.17) is 4.74 Å². The van der Waals surface area contributed by atoms with E-state index in [0.29, 0.717) is 11.7 Å². The average Bonchev–Trinajstić information content (AvgIpc) is 3.02. The van der Waals surface area contributed by atoms with Crippen LogP contribution in [-0.2, 0) is 0 Å². The van der Waals surface area contributed by atoms with Crippen LogP contribution in [0.4, 0.5) is 5.95 Å². The van der Waals surface area contributed by atoms with Gasteiger partial charge < -0.3 is 14.6 Å². The van der Waals surface area contributed by atoms with E-state index in [-0.39, 0.29) is 0 Å². The summed E-state index contributed by atoms with van der Waals surface area (Å²) in [6.07, 6.45) is 9.26. The third kappa shape index (κ3) is 2.52. The van der Waals surface area contributed by atoms with Gasteiger partial charge in [-0.15, -0.1) is 0 Å². The zero-order valence-corrected chi connectivity index (χ0v) is 10.9. The van der Waals surface area contributed by atoms with Crippen molar-refractivity contribution in [2.45, 2.75) is 18.8 Å². The van der Waals surface area contributed by atoms with E-state index in [1.807, 2.05) is 12.4 Å². The molecule has 0 unspecified atom stereocenters. The minimum Gasteiger partial charge on any atom is -0.494 e. The van der Waals surface area contributed by atoms with Gasteiger partial charge in [-0.1, -0.05) is 0 Å². The van der Waals surface area contributed by atoms with E-state index in [1.165, 1.54) is 0 Å². The maximum atomic E-state index is 5.07.